The molecule has 2 aromatic heterocycles. The van der Waals surface area contributed by atoms with Crippen LogP contribution < -0.4 is 5.73 Å². The van der Waals surface area contributed by atoms with Crippen LogP contribution in [0.25, 0.3) is 16.7 Å². The number of ketones is 1. The summed E-state index contributed by atoms with van der Waals surface area (Å²) in [5.41, 5.74) is 7.72. The third-order valence-electron chi connectivity index (χ3n) is 6.08. The van der Waals surface area contributed by atoms with E-state index in [-0.39, 0.29) is 31.0 Å². The Kier molecular flexibility index (Phi) is 5.85. The predicted octanol–water partition coefficient (Wildman–Crippen LogP) is 5.30. The number of primary amides is 1. The van der Waals surface area contributed by atoms with Crippen LogP contribution in [0.5, 0.6) is 0 Å². The van der Waals surface area contributed by atoms with E-state index in [2.05, 4.69) is 4.98 Å². The highest BCUT2D eigenvalue weighted by molar-refractivity contribution is 5.98. The molecule has 0 aliphatic heterocycles. The van der Waals surface area contributed by atoms with E-state index in [1.165, 1.54) is 0 Å². The first-order valence-corrected chi connectivity index (χ1v) is 10.6. The van der Waals surface area contributed by atoms with E-state index in [4.69, 9.17) is 5.73 Å². The Morgan fingerprint density at radius 1 is 1.06 bits per heavy atom. The van der Waals surface area contributed by atoms with Crippen molar-refractivity contribution in [2.24, 2.45) is 11.7 Å². The van der Waals surface area contributed by atoms with E-state index in [1.54, 1.807) is 36.5 Å². The number of alkyl halides is 2. The van der Waals surface area contributed by atoms with Crippen LogP contribution in [0.2, 0.25) is 0 Å². The lowest BCUT2D eigenvalue weighted by Crippen LogP contribution is -2.21. The maximum Gasteiger partial charge on any atom is 0.248 e. The van der Waals surface area contributed by atoms with Crippen LogP contribution in [-0.4, -0.2) is 27.2 Å². The number of nitrogens with zero attached hydrogens (tertiary/aromatic N) is 2. The number of halogens is 2. The van der Waals surface area contributed by atoms with Crippen LogP contribution in [0.1, 0.15) is 65.7 Å². The molecule has 0 bridgehead atoms. The summed E-state index contributed by atoms with van der Waals surface area (Å²) in [4.78, 5) is 28.5. The number of hydrogen-bond acceptors (Lipinski definition) is 3. The fourth-order valence-corrected chi connectivity index (χ4v) is 4.26. The van der Waals surface area contributed by atoms with Crippen molar-refractivity contribution in [2.45, 2.75) is 50.9 Å². The monoisotopic (exact) mass is 425 g/mol. The minimum Gasteiger partial charge on any atom is -0.366 e. The zero-order chi connectivity index (χ0) is 22.0. The zero-order valence-electron chi connectivity index (χ0n) is 17.2. The molecule has 1 amide bonds. The summed E-state index contributed by atoms with van der Waals surface area (Å²) in [6, 6.07) is 10.5. The number of pyridine rings is 1. The number of fused-ring (bicyclic) bond motifs is 1. The summed E-state index contributed by atoms with van der Waals surface area (Å²) in [6.07, 6.45) is 5.94. The minimum atomic E-state index is -2.61. The van der Waals surface area contributed by atoms with Crippen molar-refractivity contribution in [3.63, 3.8) is 0 Å². The standard InChI is InChI=1S/C24H25F2N3O2/c25-24(26)10-2-1-3-16(8-11-24)13-21(30)19-14-18-9-12-29(23(18)28-15-19)20-6-4-17(5-7-20)22(27)31/h4-7,9,12,14-16H,1-3,8,10-11,13H2,(H2,27,31). The quantitative estimate of drug-likeness (QED) is 0.563. The number of carbonyl (C=O) groups is 2. The average Bonchev–Trinajstić information content (AvgIpc) is 3.17. The number of aromatic nitrogens is 2. The molecule has 1 fully saturated rings. The molecule has 7 heteroatoms. The normalized spacial score (nSPS) is 19.0. The molecule has 3 aromatic rings. The minimum absolute atomic E-state index is 0.0114. The Morgan fingerprint density at radius 2 is 1.84 bits per heavy atom. The zero-order valence-corrected chi connectivity index (χ0v) is 17.2. The van der Waals surface area contributed by atoms with Crippen molar-refractivity contribution in [1.82, 2.24) is 9.55 Å². The molecular weight excluding hydrogens is 400 g/mol. The topological polar surface area (TPSA) is 78.0 Å². The number of benzene rings is 1. The maximum atomic E-state index is 13.7. The molecule has 1 saturated carbocycles. The lowest BCUT2D eigenvalue weighted by molar-refractivity contribution is -0.0292. The lowest BCUT2D eigenvalue weighted by atomic mass is 9.85. The van der Waals surface area contributed by atoms with E-state index in [0.717, 1.165) is 23.9 Å². The number of rotatable bonds is 5. The molecule has 0 spiro atoms. The first-order chi connectivity index (χ1) is 14.8. The molecule has 4 rings (SSSR count). The molecule has 162 valence electrons. The molecule has 31 heavy (non-hydrogen) atoms. The van der Waals surface area contributed by atoms with Gasteiger partial charge in [0.05, 0.1) is 0 Å². The molecule has 1 aromatic carbocycles. The summed E-state index contributed by atoms with van der Waals surface area (Å²) < 4.78 is 29.3. The van der Waals surface area contributed by atoms with Crippen LogP contribution in [0, 0.1) is 5.92 Å². The van der Waals surface area contributed by atoms with Crippen LogP contribution in [-0.2, 0) is 0 Å². The summed E-state index contributed by atoms with van der Waals surface area (Å²) >= 11 is 0. The molecule has 1 aliphatic carbocycles. The molecule has 0 saturated heterocycles. The highest BCUT2D eigenvalue weighted by atomic mass is 19.3. The first-order valence-electron chi connectivity index (χ1n) is 10.6. The fraction of sp³-hybridized carbons (Fsp3) is 0.375. The van der Waals surface area contributed by atoms with E-state index >= 15 is 0 Å². The summed E-state index contributed by atoms with van der Waals surface area (Å²) in [7, 11) is 0. The lowest BCUT2D eigenvalue weighted by Gasteiger charge is -2.24. The van der Waals surface area contributed by atoms with Gasteiger partial charge in [0.15, 0.2) is 5.78 Å². The highest BCUT2D eigenvalue weighted by Crippen LogP contribution is 2.35. The molecule has 0 radical (unpaired) electrons. The molecule has 1 aliphatic rings. The summed E-state index contributed by atoms with van der Waals surface area (Å²) in [5.74, 6) is -3.16. The highest BCUT2D eigenvalue weighted by Gasteiger charge is 2.31. The van der Waals surface area contributed by atoms with Crippen molar-refractivity contribution < 1.29 is 18.4 Å². The Morgan fingerprint density at radius 3 is 2.58 bits per heavy atom. The number of Topliss-reactive ketones (excluding diaryl/α,β-unsaturated/α-hetero) is 1. The van der Waals surface area contributed by atoms with Crippen molar-refractivity contribution in [3.8, 4) is 5.69 Å². The van der Waals surface area contributed by atoms with Gasteiger partial charge in [0.25, 0.3) is 0 Å². The van der Waals surface area contributed by atoms with Crippen molar-refractivity contribution >= 4 is 22.7 Å². The number of amides is 1. The maximum absolute atomic E-state index is 13.7. The molecule has 2 N–H and O–H groups in total. The van der Waals surface area contributed by atoms with Crippen molar-refractivity contribution in [3.05, 3.63) is 59.9 Å². The third-order valence-corrected chi connectivity index (χ3v) is 6.08. The molecular formula is C24H25F2N3O2. The van der Waals surface area contributed by atoms with E-state index in [9.17, 15) is 18.4 Å². The molecule has 2 heterocycles. The van der Waals surface area contributed by atoms with Gasteiger partial charge in [0.1, 0.15) is 5.65 Å². The summed E-state index contributed by atoms with van der Waals surface area (Å²) in [5, 5.41) is 0.814. The smallest absolute Gasteiger partial charge is 0.248 e. The average molecular weight is 425 g/mol. The van der Waals surface area contributed by atoms with Gasteiger partial charge in [-0.3, -0.25) is 9.59 Å². The van der Waals surface area contributed by atoms with Gasteiger partial charge in [-0.05, 0) is 55.2 Å². The number of nitrogens with two attached hydrogens (primary N) is 1. The van der Waals surface area contributed by atoms with E-state index < -0.39 is 11.8 Å². The van der Waals surface area contributed by atoms with Gasteiger partial charge in [-0.1, -0.05) is 12.8 Å². The van der Waals surface area contributed by atoms with Gasteiger partial charge in [0, 0.05) is 53.9 Å². The third kappa shape index (κ3) is 4.81. The van der Waals surface area contributed by atoms with Crippen molar-refractivity contribution in [1.29, 1.82) is 0 Å². The van der Waals surface area contributed by atoms with E-state index in [0.29, 0.717) is 29.6 Å². The van der Waals surface area contributed by atoms with Crippen LogP contribution in [0.3, 0.4) is 0 Å². The van der Waals surface area contributed by atoms with Crippen LogP contribution in [0.15, 0.2) is 48.8 Å². The Balaban J connectivity index is 1.50. The molecule has 1 unspecified atom stereocenters. The predicted molar refractivity (Wildman–Crippen MR) is 115 cm³/mol. The summed E-state index contributed by atoms with van der Waals surface area (Å²) in [6.45, 7) is 0. The van der Waals surface area contributed by atoms with Crippen LogP contribution in [0.4, 0.5) is 8.78 Å². The molecule has 1 atom stereocenters. The molecule has 5 nitrogen and oxygen atoms in total. The van der Waals surface area contributed by atoms with Gasteiger partial charge in [-0.2, -0.15) is 0 Å². The Labute approximate surface area is 179 Å². The van der Waals surface area contributed by atoms with Gasteiger partial charge < -0.3 is 10.3 Å². The number of carbonyl (C=O) groups excluding carboxylic acids is 2. The van der Waals surface area contributed by atoms with Gasteiger partial charge in [-0.15, -0.1) is 0 Å². The van der Waals surface area contributed by atoms with Gasteiger partial charge >= 0.3 is 0 Å². The first kappa shape index (κ1) is 21.2. The fourth-order valence-electron chi connectivity index (χ4n) is 4.26. The van der Waals surface area contributed by atoms with Gasteiger partial charge in [-0.25, -0.2) is 13.8 Å². The van der Waals surface area contributed by atoms with E-state index in [1.807, 2.05) is 16.8 Å². The second-order valence-electron chi connectivity index (χ2n) is 8.37. The van der Waals surface area contributed by atoms with Gasteiger partial charge in [0.2, 0.25) is 11.8 Å². The second-order valence-corrected chi connectivity index (χ2v) is 8.37. The SMILES string of the molecule is NC(=O)c1ccc(-n2ccc3cc(C(=O)CC4CCCCC(F)(F)CC4)cnc32)cc1. The van der Waals surface area contributed by atoms with Crippen LogP contribution >= 0.6 is 0 Å². The second kappa shape index (κ2) is 8.57. The Hall–Kier alpha value is -3.09. The number of hydrogen-bond donors (Lipinski definition) is 1. The van der Waals surface area contributed by atoms with Crippen molar-refractivity contribution in [2.75, 3.05) is 0 Å². The Bertz CT molecular complexity index is 1110. The largest absolute Gasteiger partial charge is 0.366 e.